The second kappa shape index (κ2) is 8.83. The maximum absolute atomic E-state index is 11.8. The zero-order valence-electron chi connectivity index (χ0n) is 13.9. The molecule has 0 spiro atoms. The number of halogens is 1. The molecule has 1 aromatic heterocycles. The molecule has 0 unspecified atom stereocenters. The van der Waals surface area contributed by atoms with Crippen molar-refractivity contribution < 1.29 is 18.9 Å². The predicted molar refractivity (Wildman–Crippen MR) is 95.3 cm³/mol. The Morgan fingerprint density at radius 3 is 2.81 bits per heavy atom. The van der Waals surface area contributed by atoms with Crippen molar-refractivity contribution in [1.29, 1.82) is 5.26 Å². The summed E-state index contributed by atoms with van der Waals surface area (Å²) in [4.78, 5) is 22.1. The Morgan fingerprint density at radius 2 is 2.19 bits per heavy atom. The number of carbonyl (C=O) groups excluding carboxylic acids is 1. The highest BCUT2D eigenvalue weighted by Gasteiger charge is 2.15. The fraction of sp³-hybridized carbons (Fsp3) is 0.222. The van der Waals surface area contributed by atoms with E-state index in [2.05, 4.69) is 0 Å². The van der Waals surface area contributed by atoms with Gasteiger partial charge >= 0.3 is 5.97 Å². The number of carbonyl (C=O) groups is 1. The minimum absolute atomic E-state index is 0.132. The van der Waals surface area contributed by atoms with Crippen molar-refractivity contribution in [1.82, 2.24) is 0 Å². The topological polar surface area (TPSA) is 106 Å². The van der Waals surface area contributed by atoms with Gasteiger partial charge < -0.3 is 9.15 Å². The standard InChI is InChI=1S/C18H15ClN2O5/c1-2-3-8-25-18(22)12(11-20)9-14-5-7-17(26-14)15-6-4-13(21(23)24)10-16(15)19/h4-7,9-10H,2-3,8H2,1H3/b12-9+. The first kappa shape index (κ1) is 19.2. The van der Waals surface area contributed by atoms with Crippen LogP contribution in [0.2, 0.25) is 5.02 Å². The molecule has 26 heavy (non-hydrogen) atoms. The molecule has 0 saturated heterocycles. The van der Waals surface area contributed by atoms with Crippen molar-refractivity contribution in [2.75, 3.05) is 6.61 Å². The van der Waals surface area contributed by atoms with E-state index in [-0.39, 0.29) is 28.7 Å². The van der Waals surface area contributed by atoms with Gasteiger partial charge in [-0.3, -0.25) is 10.1 Å². The molecular weight excluding hydrogens is 360 g/mol. The number of nitriles is 1. The number of unbranched alkanes of at least 4 members (excludes halogenated alkanes) is 1. The van der Waals surface area contributed by atoms with Crippen LogP contribution in [0.15, 0.2) is 40.3 Å². The van der Waals surface area contributed by atoms with Crippen molar-refractivity contribution in [3.05, 3.63) is 56.8 Å². The van der Waals surface area contributed by atoms with Gasteiger partial charge in [-0.15, -0.1) is 0 Å². The first-order valence-corrected chi connectivity index (χ1v) is 8.17. The van der Waals surface area contributed by atoms with Gasteiger partial charge in [0.15, 0.2) is 0 Å². The van der Waals surface area contributed by atoms with Crippen LogP contribution in [0.4, 0.5) is 5.69 Å². The number of ether oxygens (including phenoxy) is 1. The van der Waals surface area contributed by atoms with Crippen LogP contribution in [0.3, 0.4) is 0 Å². The number of furan rings is 1. The zero-order valence-corrected chi connectivity index (χ0v) is 14.7. The number of benzene rings is 1. The molecule has 0 fully saturated rings. The van der Waals surface area contributed by atoms with Crippen LogP contribution >= 0.6 is 11.6 Å². The predicted octanol–water partition coefficient (Wildman–Crippen LogP) is 4.76. The van der Waals surface area contributed by atoms with Gasteiger partial charge in [-0.25, -0.2) is 4.79 Å². The number of nitro groups is 1. The molecule has 2 rings (SSSR count). The Labute approximate surface area is 154 Å². The molecular formula is C18H15ClN2O5. The van der Waals surface area contributed by atoms with E-state index in [9.17, 15) is 14.9 Å². The van der Waals surface area contributed by atoms with Gasteiger partial charge in [0, 0.05) is 23.8 Å². The second-order valence-electron chi connectivity index (χ2n) is 5.28. The molecule has 1 aromatic carbocycles. The summed E-state index contributed by atoms with van der Waals surface area (Å²) in [6.45, 7) is 2.21. The van der Waals surface area contributed by atoms with Gasteiger partial charge in [0.05, 0.1) is 16.6 Å². The SMILES string of the molecule is CCCCOC(=O)/C(C#N)=C/c1ccc(-c2ccc([N+](=O)[O-])cc2Cl)o1. The number of hydrogen-bond acceptors (Lipinski definition) is 6. The van der Waals surface area contributed by atoms with Gasteiger partial charge in [-0.2, -0.15) is 5.26 Å². The van der Waals surface area contributed by atoms with E-state index in [0.29, 0.717) is 17.7 Å². The van der Waals surface area contributed by atoms with Crippen LogP contribution < -0.4 is 0 Å². The number of non-ortho nitro benzene ring substituents is 1. The fourth-order valence-electron chi connectivity index (χ4n) is 2.06. The molecule has 0 amide bonds. The molecule has 0 aliphatic heterocycles. The summed E-state index contributed by atoms with van der Waals surface area (Å²) in [5.74, 6) is -0.0986. The van der Waals surface area contributed by atoms with E-state index in [1.807, 2.05) is 6.92 Å². The molecule has 7 nitrogen and oxygen atoms in total. The average Bonchev–Trinajstić information content (AvgIpc) is 3.07. The summed E-state index contributed by atoms with van der Waals surface area (Å²) in [7, 11) is 0. The summed E-state index contributed by atoms with van der Waals surface area (Å²) in [5, 5.41) is 20.0. The molecule has 2 aromatic rings. The van der Waals surface area contributed by atoms with E-state index < -0.39 is 10.9 Å². The van der Waals surface area contributed by atoms with Crippen molar-refractivity contribution in [2.45, 2.75) is 19.8 Å². The van der Waals surface area contributed by atoms with Crippen LogP contribution in [0.5, 0.6) is 0 Å². The summed E-state index contributed by atoms with van der Waals surface area (Å²) in [6.07, 6.45) is 2.86. The van der Waals surface area contributed by atoms with E-state index >= 15 is 0 Å². The molecule has 0 radical (unpaired) electrons. The first-order valence-electron chi connectivity index (χ1n) is 7.79. The number of rotatable bonds is 7. The van der Waals surface area contributed by atoms with E-state index in [1.54, 1.807) is 18.2 Å². The molecule has 1 heterocycles. The highest BCUT2D eigenvalue weighted by Crippen LogP contribution is 2.32. The molecule has 0 saturated carbocycles. The Balaban J connectivity index is 2.22. The van der Waals surface area contributed by atoms with Crippen LogP contribution in [0, 0.1) is 21.4 Å². The van der Waals surface area contributed by atoms with Gasteiger partial charge in [-0.05, 0) is 24.6 Å². The Kier molecular flexibility index (Phi) is 6.53. The molecule has 0 aliphatic carbocycles. The summed E-state index contributed by atoms with van der Waals surface area (Å²) in [6, 6.07) is 8.94. The third-order valence-corrected chi connectivity index (χ3v) is 3.73. The van der Waals surface area contributed by atoms with Crippen molar-refractivity contribution in [3.63, 3.8) is 0 Å². The van der Waals surface area contributed by atoms with Crippen LogP contribution in [0.25, 0.3) is 17.4 Å². The van der Waals surface area contributed by atoms with Crippen LogP contribution in [0.1, 0.15) is 25.5 Å². The minimum atomic E-state index is -0.715. The summed E-state index contributed by atoms with van der Waals surface area (Å²) < 4.78 is 10.6. The smallest absolute Gasteiger partial charge is 0.349 e. The maximum Gasteiger partial charge on any atom is 0.349 e. The first-order chi connectivity index (χ1) is 12.5. The quantitative estimate of drug-likeness (QED) is 0.173. The lowest BCUT2D eigenvalue weighted by Gasteiger charge is -2.02. The Hall–Kier alpha value is -3.11. The van der Waals surface area contributed by atoms with Gasteiger partial charge in [0.2, 0.25) is 0 Å². The molecule has 0 aliphatic rings. The molecule has 134 valence electrons. The van der Waals surface area contributed by atoms with E-state index in [1.165, 1.54) is 24.3 Å². The largest absolute Gasteiger partial charge is 0.462 e. The summed E-state index contributed by atoms with van der Waals surface area (Å²) in [5.41, 5.74) is 0.143. The van der Waals surface area contributed by atoms with Crippen LogP contribution in [-0.2, 0) is 9.53 Å². The van der Waals surface area contributed by atoms with Crippen LogP contribution in [-0.4, -0.2) is 17.5 Å². The second-order valence-corrected chi connectivity index (χ2v) is 5.69. The van der Waals surface area contributed by atoms with Crippen molar-refractivity contribution >= 4 is 29.3 Å². The third kappa shape index (κ3) is 4.71. The number of nitro benzene ring substituents is 1. The fourth-order valence-corrected chi connectivity index (χ4v) is 2.33. The number of hydrogen-bond donors (Lipinski definition) is 0. The van der Waals surface area contributed by atoms with Gasteiger partial charge in [0.25, 0.3) is 5.69 Å². The minimum Gasteiger partial charge on any atom is -0.462 e. The average molecular weight is 375 g/mol. The highest BCUT2D eigenvalue weighted by atomic mass is 35.5. The number of nitrogens with zero attached hydrogens (tertiary/aromatic N) is 2. The van der Waals surface area contributed by atoms with Gasteiger partial charge in [0.1, 0.15) is 23.2 Å². The maximum atomic E-state index is 11.8. The van der Waals surface area contributed by atoms with Crippen molar-refractivity contribution in [3.8, 4) is 17.4 Å². The molecule has 8 heteroatoms. The lowest BCUT2D eigenvalue weighted by Crippen LogP contribution is -2.07. The number of esters is 1. The van der Waals surface area contributed by atoms with E-state index in [4.69, 9.17) is 26.0 Å². The molecule has 0 bridgehead atoms. The summed E-state index contributed by atoms with van der Waals surface area (Å²) >= 11 is 6.07. The van der Waals surface area contributed by atoms with E-state index in [0.717, 1.165) is 6.42 Å². The third-order valence-electron chi connectivity index (χ3n) is 3.41. The highest BCUT2D eigenvalue weighted by molar-refractivity contribution is 6.33. The molecule has 0 atom stereocenters. The Bertz CT molecular complexity index is 895. The van der Waals surface area contributed by atoms with Gasteiger partial charge in [-0.1, -0.05) is 24.9 Å². The lowest BCUT2D eigenvalue weighted by molar-refractivity contribution is -0.384. The lowest BCUT2D eigenvalue weighted by atomic mass is 10.1. The normalized spacial score (nSPS) is 11.0. The molecule has 0 N–H and O–H groups in total. The zero-order chi connectivity index (χ0) is 19.1. The Morgan fingerprint density at radius 1 is 1.42 bits per heavy atom. The van der Waals surface area contributed by atoms with Crippen molar-refractivity contribution in [2.24, 2.45) is 0 Å². The monoisotopic (exact) mass is 374 g/mol.